The smallest absolute Gasteiger partial charge is 0.0529 e. The fourth-order valence-corrected chi connectivity index (χ4v) is 8.55. The number of allylic oxidation sites excluding steroid dienone is 2. The third kappa shape index (κ3) is 8.15. The molecule has 2 heterocycles. The molecule has 4 atom stereocenters. The Hall–Kier alpha value is -2.62. The molecule has 0 saturated heterocycles. The Kier molecular flexibility index (Phi) is 14.2. The van der Waals surface area contributed by atoms with Gasteiger partial charge in [0.25, 0.3) is 0 Å². The zero-order valence-corrected chi connectivity index (χ0v) is 33.8. The van der Waals surface area contributed by atoms with Crippen molar-refractivity contribution >= 4 is 16.5 Å². The van der Waals surface area contributed by atoms with E-state index in [1.165, 1.54) is 83.8 Å². The lowest BCUT2D eigenvalue weighted by atomic mass is 9.62. The van der Waals surface area contributed by atoms with Crippen molar-refractivity contribution in [2.24, 2.45) is 22.0 Å². The second-order valence-corrected chi connectivity index (χ2v) is 16.1. The number of nitrogens with one attached hydrogen (secondary N) is 1. The quantitative estimate of drug-likeness (QED) is 0.246. The van der Waals surface area contributed by atoms with Crippen LogP contribution in [0.25, 0.3) is 27.7 Å². The van der Waals surface area contributed by atoms with Gasteiger partial charge in [0.15, 0.2) is 0 Å². The third-order valence-electron chi connectivity index (χ3n) is 12.6. The van der Waals surface area contributed by atoms with Crippen molar-refractivity contribution in [1.82, 2.24) is 9.88 Å². The lowest BCUT2D eigenvalue weighted by molar-refractivity contribution is 0.0634. The zero-order valence-electron chi connectivity index (χ0n) is 33.8. The summed E-state index contributed by atoms with van der Waals surface area (Å²) in [6.45, 7) is 34.7. The van der Waals surface area contributed by atoms with Crippen LogP contribution in [0, 0.1) is 23.2 Å². The summed E-state index contributed by atoms with van der Waals surface area (Å²) in [5, 5.41) is 4.84. The summed E-state index contributed by atoms with van der Waals surface area (Å²) in [5.74, 6) is 1.28. The van der Waals surface area contributed by atoms with Crippen LogP contribution in [-0.4, -0.2) is 24.2 Å². The van der Waals surface area contributed by atoms with Gasteiger partial charge in [-0.1, -0.05) is 130 Å². The monoisotopic (exact) mass is 668 g/mol. The Labute approximate surface area is 302 Å². The van der Waals surface area contributed by atoms with Crippen LogP contribution in [0.3, 0.4) is 0 Å². The van der Waals surface area contributed by atoms with Gasteiger partial charge in [-0.2, -0.15) is 0 Å². The molecule has 4 unspecified atom stereocenters. The van der Waals surface area contributed by atoms with E-state index >= 15 is 0 Å². The molecule has 272 valence electrons. The van der Waals surface area contributed by atoms with Crippen LogP contribution in [0.2, 0.25) is 0 Å². The fraction of sp³-hybridized carbons (Fsp3) is 0.609. The molecular formula is C46H73N3. The number of fused-ring (bicyclic) bond motifs is 7. The first-order valence-electron chi connectivity index (χ1n) is 19.7. The number of aryl methyl sites for hydroxylation is 1. The van der Waals surface area contributed by atoms with E-state index in [4.69, 9.17) is 5.73 Å². The Balaban J connectivity index is 0.000000324. The first-order valence-corrected chi connectivity index (χ1v) is 19.7. The summed E-state index contributed by atoms with van der Waals surface area (Å²) in [5.41, 5.74) is 17.3. The highest BCUT2D eigenvalue weighted by Crippen LogP contribution is 2.65. The molecule has 2 fully saturated rings. The Bertz CT molecular complexity index is 1540. The molecule has 3 N–H and O–H groups in total. The molecule has 2 saturated carbocycles. The van der Waals surface area contributed by atoms with Gasteiger partial charge in [-0.15, -0.1) is 6.58 Å². The number of aromatic nitrogens is 1. The third-order valence-corrected chi connectivity index (χ3v) is 12.6. The van der Waals surface area contributed by atoms with E-state index in [1.54, 1.807) is 11.1 Å². The van der Waals surface area contributed by atoms with Gasteiger partial charge in [0, 0.05) is 34.5 Å². The van der Waals surface area contributed by atoms with Crippen LogP contribution >= 0.6 is 0 Å². The lowest BCUT2D eigenvalue weighted by Gasteiger charge is -2.46. The van der Waals surface area contributed by atoms with Gasteiger partial charge in [0.1, 0.15) is 0 Å². The van der Waals surface area contributed by atoms with Crippen LogP contribution in [0.4, 0.5) is 0 Å². The number of rotatable bonds is 7. The fourth-order valence-electron chi connectivity index (χ4n) is 8.55. The van der Waals surface area contributed by atoms with Crippen molar-refractivity contribution in [1.29, 1.82) is 0 Å². The second kappa shape index (κ2) is 17.1. The molecule has 3 aromatic rings. The van der Waals surface area contributed by atoms with E-state index in [9.17, 15) is 0 Å². The maximum atomic E-state index is 4.85. The highest BCUT2D eigenvalue weighted by molar-refractivity contribution is 5.95. The molecule has 3 heteroatoms. The van der Waals surface area contributed by atoms with Crippen LogP contribution in [0.15, 0.2) is 55.6 Å². The SMILES string of the molecule is C=CC12CC1c1cc(C)ccc1-c1c(C3CCCCC3)c3ccc(C(=C)CC)cc3n1C2.CC.CCC(C)(C(C)NC)C(C)(C)C.CCN. The predicted molar refractivity (Wildman–Crippen MR) is 220 cm³/mol. The van der Waals surface area contributed by atoms with Crippen LogP contribution < -0.4 is 11.1 Å². The van der Waals surface area contributed by atoms with Gasteiger partial charge in [0.2, 0.25) is 0 Å². The first kappa shape index (κ1) is 40.8. The van der Waals surface area contributed by atoms with E-state index in [1.807, 2.05) is 27.8 Å². The van der Waals surface area contributed by atoms with Gasteiger partial charge < -0.3 is 15.6 Å². The van der Waals surface area contributed by atoms with Crippen molar-refractivity contribution in [3.8, 4) is 11.3 Å². The van der Waals surface area contributed by atoms with E-state index in [0.717, 1.165) is 19.5 Å². The maximum Gasteiger partial charge on any atom is 0.0529 e. The summed E-state index contributed by atoms with van der Waals surface area (Å²) in [4.78, 5) is 0. The summed E-state index contributed by atoms with van der Waals surface area (Å²) in [6, 6.07) is 14.9. The van der Waals surface area contributed by atoms with Crippen molar-refractivity contribution in [3.05, 3.63) is 77.9 Å². The van der Waals surface area contributed by atoms with E-state index in [0.29, 0.717) is 28.7 Å². The average Bonchev–Trinajstić information content (AvgIpc) is 3.77. The van der Waals surface area contributed by atoms with Crippen molar-refractivity contribution < 1.29 is 0 Å². The standard InChI is InChI=1S/C31H35N.C11H25N.C2H7N.C2H6/c1-5-21(4)23-13-15-25-28(17-23)32-19-31(6-2)18-27(31)26-16-20(3)12-14-24(26)30(32)29(25)22-10-8-7-9-11-22;1-8-11(6,9(2)12-7)10(3,4)5;1-2-3;1-2/h6,12-17,22,27H,2,4-5,7-11,18-19H2,1,3H3;9,12H,8H2,1-7H3;2-3H2,1H3;1-2H3. The minimum absolute atomic E-state index is 0.196. The molecule has 3 aliphatic rings. The van der Waals surface area contributed by atoms with Gasteiger partial charge >= 0.3 is 0 Å². The number of nitrogens with zero attached hydrogens (tertiary/aromatic N) is 1. The Morgan fingerprint density at radius 2 is 1.67 bits per heavy atom. The molecule has 0 radical (unpaired) electrons. The predicted octanol–water partition coefficient (Wildman–Crippen LogP) is 12.8. The summed E-state index contributed by atoms with van der Waals surface area (Å²) >= 11 is 0. The largest absolute Gasteiger partial charge is 0.339 e. The normalized spacial score (nSPS) is 21.4. The number of benzene rings is 2. The molecule has 1 aliphatic heterocycles. The van der Waals surface area contributed by atoms with Gasteiger partial charge in [0.05, 0.1) is 5.69 Å². The van der Waals surface area contributed by atoms with E-state index in [-0.39, 0.29) is 5.41 Å². The maximum absolute atomic E-state index is 4.85. The molecule has 0 spiro atoms. The number of hydrogen-bond donors (Lipinski definition) is 2. The second-order valence-electron chi connectivity index (χ2n) is 16.1. The Morgan fingerprint density at radius 1 is 1.04 bits per heavy atom. The average molecular weight is 668 g/mol. The van der Waals surface area contributed by atoms with Crippen LogP contribution in [0.5, 0.6) is 0 Å². The lowest BCUT2D eigenvalue weighted by Crippen LogP contribution is -2.47. The van der Waals surface area contributed by atoms with Crippen molar-refractivity contribution in [2.75, 3.05) is 13.6 Å². The minimum Gasteiger partial charge on any atom is -0.339 e. The molecule has 6 rings (SSSR count). The topological polar surface area (TPSA) is 43.0 Å². The van der Waals surface area contributed by atoms with Gasteiger partial charge in [-0.05, 0) is 111 Å². The summed E-state index contributed by atoms with van der Waals surface area (Å²) < 4.78 is 2.69. The highest BCUT2D eigenvalue weighted by atomic mass is 15.0. The minimum atomic E-state index is 0.196. The number of nitrogens with two attached hydrogens (primary N) is 1. The highest BCUT2D eigenvalue weighted by Gasteiger charge is 2.55. The molecular weight excluding hydrogens is 595 g/mol. The Morgan fingerprint density at radius 3 is 2.18 bits per heavy atom. The first-order chi connectivity index (χ1) is 23.3. The molecule has 0 bridgehead atoms. The van der Waals surface area contributed by atoms with Gasteiger partial charge in [-0.25, -0.2) is 0 Å². The van der Waals surface area contributed by atoms with Crippen molar-refractivity contribution in [2.45, 2.75) is 152 Å². The van der Waals surface area contributed by atoms with Gasteiger partial charge in [-0.3, -0.25) is 0 Å². The van der Waals surface area contributed by atoms with E-state index in [2.05, 4.69) is 121 Å². The molecule has 0 amide bonds. The zero-order chi connectivity index (χ0) is 36.7. The molecule has 49 heavy (non-hydrogen) atoms. The molecule has 3 nitrogen and oxygen atoms in total. The summed E-state index contributed by atoms with van der Waals surface area (Å²) in [6.07, 6.45) is 12.5. The summed E-state index contributed by atoms with van der Waals surface area (Å²) in [7, 11) is 2.05. The van der Waals surface area contributed by atoms with Crippen molar-refractivity contribution in [3.63, 3.8) is 0 Å². The number of hydrogen-bond acceptors (Lipinski definition) is 2. The molecule has 1 aromatic heterocycles. The van der Waals surface area contributed by atoms with E-state index < -0.39 is 0 Å². The molecule has 2 aliphatic carbocycles. The van der Waals surface area contributed by atoms with Crippen LogP contribution in [-0.2, 0) is 6.54 Å². The van der Waals surface area contributed by atoms with Crippen LogP contribution in [0.1, 0.15) is 155 Å². The molecule has 2 aromatic carbocycles.